The van der Waals surface area contributed by atoms with Gasteiger partial charge in [0.2, 0.25) is 0 Å². The number of nitrogens with zero attached hydrogens (tertiary/aromatic N) is 5. The molecular formula is C32H32F3N5O6S. The second kappa shape index (κ2) is 13.2. The first kappa shape index (κ1) is 32.3. The van der Waals surface area contributed by atoms with E-state index in [0.29, 0.717) is 37.4 Å². The molecule has 0 bridgehead atoms. The van der Waals surface area contributed by atoms with Crippen LogP contribution in [0.25, 0.3) is 0 Å². The van der Waals surface area contributed by atoms with Crippen molar-refractivity contribution in [3.05, 3.63) is 106 Å². The molecule has 0 aliphatic carbocycles. The van der Waals surface area contributed by atoms with Crippen LogP contribution in [0, 0.1) is 10.1 Å². The number of anilines is 1. The van der Waals surface area contributed by atoms with Crippen LogP contribution in [-0.2, 0) is 34.9 Å². The highest BCUT2D eigenvalue weighted by Gasteiger charge is 2.31. The highest BCUT2D eigenvalue weighted by molar-refractivity contribution is 7.90. The van der Waals surface area contributed by atoms with E-state index < -0.39 is 26.5 Å². The molecule has 0 spiro atoms. The highest BCUT2D eigenvalue weighted by atomic mass is 32.2. The van der Waals surface area contributed by atoms with Gasteiger partial charge in [0.15, 0.2) is 9.84 Å². The monoisotopic (exact) mass is 671 g/mol. The third-order valence-corrected chi connectivity index (χ3v) is 9.92. The van der Waals surface area contributed by atoms with Gasteiger partial charge in [-0.05, 0) is 64.6 Å². The van der Waals surface area contributed by atoms with Crippen molar-refractivity contribution in [3.63, 3.8) is 0 Å². The van der Waals surface area contributed by atoms with E-state index in [0.717, 1.165) is 49.6 Å². The molecule has 6 rings (SSSR count). The van der Waals surface area contributed by atoms with Crippen LogP contribution in [0.4, 0.5) is 24.7 Å². The van der Waals surface area contributed by atoms with Crippen LogP contribution in [0.2, 0.25) is 0 Å². The van der Waals surface area contributed by atoms with Gasteiger partial charge >= 0.3 is 18.0 Å². The lowest BCUT2D eigenvalue weighted by atomic mass is 10.1. The van der Waals surface area contributed by atoms with Gasteiger partial charge in [0.25, 0.3) is 0 Å². The Morgan fingerprint density at radius 1 is 0.915 bits per heavy atom. The zero-order chi connectivity index (χ0) is 33.2. The maximum Gasteiger partial charge on any atom is 0.416 e. The van der Waals surface area contributed by atoms with Gasteiger partial charge in [-0.2, -0.15) is 13.2 Å². The summed E-state index contributed by atoms with van der Waals surface area (Å²) in [6, 6.07) is 18.9. The summed E-state index contributed by atoms with van der Waals surface area (Å²) in [5.74, 6) is 0.0794. The zero-order valence-corrected chi connectivity index (χ0v) is 26.0. The molecule has 1 saturated heterocycles. The molecule has 1 atom stereocenters. The van der Waals surface area contributed by atoms with Gasteiger partial charge in [-0.3, -0.25) is 9.47 Å². The van der Waals surface area contributed by atoms with Crippen molar-refractivity contribution in [2.24, 2.45) is 0 Å². The summed E-state index contributed by atoms with van der Waals surface area (Å²) in [6.45, 7) is 4.79. The van der Waals surface area contributed by atoms with E-state index in [4.69, 9.17) is 9.47 Å². The Morgan fingerprint density at radius 3 is 2.21 bits per heavy atom. The first-order valence-electron chi connectivity index (χ1n) is 15.0. The SMILES string of the molecule is O=[N+]([O-])c1cn2c(n1)O[C@@H](COc1ccc(N3CCN(Cc4ccc(S(=O)(=O)Cc5ccc(C(F)(F)F)cc5)cc4)CC3)cc1)CC2. The van der Waals surface area contributed by atoms with Crippen LogP contribution in [0.3, 0.4) is 0 Å². The molecule has 47 heavy (non-hydrogen) atoms. The first-order chi connectivity index (χ1) is 22.4. The van der Waals surface area contributed by atoms with Crippen LogP contribution < -0.4 is 14.4 Å². The number of aryl methyl sites for hydroxylation is 1. The predicted molar refractivity (Wildman–Crippen MR) is 166 cm³/mol. The maximum absolute atomic E-state index is 12.9. The average Bonchev–Trinajstić information content (AvgIpc) is 3.49. The van der Waals surface area contributed by atoms with E-state index in [-0.39, 0.29) is 28.6 Å². The Bertz CT molecular complexity index is 1810. The Kier molecular flexibility index (Phi) is 9.10. The molecule has 3 heterocycles. The van der Waals surface area contributed by atoms with Crippen LogP contribution >= 0.6 is 0 Å². The van der Waals surface area contributed by atoms with E-state index >= 15 is 0 Å². The van der Waals surface area contributed by atoms with Crippen LogP contribution in [0.15, 0.2) is 83.9 Å². The summed E-state index contributed by atoms with van der Waals surface area (Å²) in [6.07, 6.45) is -2.71. The number of hydrogen-bond donors (Lipinski definition) is 0. The van der Waals surface area contributed by atoms with Gasteiger partial charge < -0.3 is 24.5 Å². The number of benzene rings is 3. The molecule has 0 unspecified atom stereocenters. The van der Waals surface area contributed by atoms with Crippen molar-refractivity contribution in [1.82, 2.24) is 14.5 Å². The Balaban J connectivity index is 0.949. The fourth-order valence-corrected chi connectivity index (χ4v) is 6.94. The second-order valence-electron chi connectivity index (χ2n) is 11.5. The summed E-state index contributed by atoms with van der Waals surface area (Å²) < 4.78 is 77.5. The molecule has 0 radical (unpaired) electrons. The minimum absolute atomic E-state index is 0.128. The maximum atomic E-state index is 12.9. The van der Waals surface area contributed by atoms with Crippen molar-refractivity contribution in [3.8, 4) is 11.8 Å². The van der Waals surface area contributed by atoms with Crippen LogP contribution in [0.1, 0.15) is 23.1 Å². The Hall–Kier alpha value is -4.63. The van der Waals surface area contributed by atoms with Gasteiger partial charge in [0, 0.05) is 56.4 Å². The van der Waals surface area contributed by atoms with Gasteiger partial charge in [0.05, 0.1) is 16.2 Å². The molecule has 0 saturated carbocycles. The third kappa shape index (κ3) is 7.85. The first-order valence-corrected chi connectivity index (χ1v) is 16.6. The minimum Gasteiger partial charge on any atom is -0.490 e. The number of sulfone groups is 1. The second-order valence-corrected chi connectivity index (χ2v) is 13.5. The van der Waals surface area contributed by atoms with E-state index in [9.17, 15) is 31.7 Å². The number of imidazole rings is 1. The molecule has 0 N–H and O–H groups in total. The molecule has 1 fully saturated rings. The quantitative estimate of drug-likeness (QED) is 0.163. The standard InChI is InChI=1S/C32H32F3N5O6S/c33-32(34,35)25-5-1-24(2-6-25)22-47(43,44)29-11-3-23(4-12-29)19-37-15-17-38(18-16-37)26-7-9-27(10-8-26)45-21-28-13-14-39-20-30(40(41)42)36-31(39)46-28/h1-12,20,28H,13-19,21-22H2/t28-/m1/s1. The van der Waals surface area contributed by atoms with Crippen molar-refractivity contribution in [2.75, 3.05) is 37.7 Å². The molecule has 15 heteroatoms. The highest BCUT2D eigenvalue weighted by Crippen LogP contribution is 2.30. The fraction of sp³-hybridized carbons (Fsp3) is 0.344. The fourth-order valence-electron chi connectivity index (χ4n) is 5.60. The summed E-state index contributed by atoms with van der Waals surface area (Å²) in [5.41, 5.74) is 1.52. The number of aromatic nitrogens is 2. The van der Waals surface area contributed by atoms with Crippen molar-refractivity contribution in [2.45, 2.75) is 42.4 Å². The van der Waals surface area contributed by atoms with Gasteiger partial charge in [0.1, 0.15) is 24.7 Å². The lowest BCUT2D eigenvalue weighted by molar-refractivity contribution is -0.389. The number of fused-ring (bicyclic) bond motifs is 1. The molecule has 4 aromatic rings. The van der Waals surface area contributed by atoms with E-state index in [2.05, 4.69) is 14.8 Å². The number of hydrogen-bond acceptors (Lipinski definition) is 9. The molecule has 3 aromatic carbocycles. The summed E-state index contributed by atoms with van der Waals surface area (Å²) in [4.78, 5) is 19.0. The number of ether oxygens (including phenoxy) is 2. The topological polar surface area (TPSA) is 120 Å². The number of halogens is 3. The molecule has 2 aliphatic rings. The summed E-state index contributed by atoms with van der Waals surface area (Å²) in [5, 5.41) is 11.0. The molecule has 248 valence electrons. The molecule has 11 nitrogen and oxygen atoms in total. The summed E-state index contributed by atoms with van der Waals surface area (Å²) >= 11 is 0. The largest absolute Gasteiger partial charge is 0.490 e. The lowest BCUT2D eigenvalue weighted by Gasteiger charge is -2.36. The third-order valence-electron chi connectivity index (χ3n) is 8.21. The molecular weight excluding hydrogens is 639 g/mol. The molecule has 0 amide bonds. The van der Waals surface area contributed by atoms with E-state index in [1.807, 2.05) is 24.3 Å². The smallest absolute Gasteiger partial charge is 0.416 e. The molecule has 1 aromatic heterocycles. The van der Waals surface area contributed by atoms with Crippen molar-refractivity contribution >= 4 is 21.3 Å². The van der Waals surface area contributed by atoms with Gasteiger partial charge in [-0.25, -0.2) is 8.42 Å². The number of alkyl halides is 3. The molecule has 2 aliphatic heterocycles. The summed E-state index contributed by atoms with van der Waals surface area (Å²) in [7, 11) is -3.72. The predicted octanol–water partition coefficient (Wildman–Crippen LogP) is 5.34. The average molecular weight is 672 g/mol. The minimum atomic E-state index is -4.47. The number of nitro groups is 1. The van der Waals surface area contributed by atoms with E-state index in [1.165, 1.54) is 18.3 Å². The Morgan fingerprint density at radius 2 is 1.57 bits per heavy atom. The zero-order valence-electron chi connectivity index (χ0n) is 25.2. The number of rotatable bonds is 10. The van der Waals surface area contributed by atoms with Crippen molar-refractivity contribution in [1.29, 1.82) is 0 Å². The number of piperazine rings is 1. The normalized spacial score (nSPS) is 17.2. The van der Waals surface area contributed by atoms with Crippen LogP contribution in [-0.4, -0.2) is 66.7 Å². The van der Waals surface area contributed by atoms with Gasteiger partial charge in [-0.15, -0.1) is 0 Å². The van der Waals surface area contributed by atoms with Crippen LogP contribution in [0.5, 0.6) is 11.8 Å². The van der Waals surface area contributed by atoms with Crippen molar-refractivity contribution < 1.29 is 36.0 Å². The lowest BCUT2D eigenvalue weighted by Crippen LogP contribution is -2.45. The Labute approximate surface area is 269 Å². The van der Waals surface area contributed by atoms with E-state index in [1.54, 1.807) is 28.8 Å². The van der Waals surface area contributed by atoms with Gasteiger partial charge in [-0.1, -0.05) is 24.3 Å².